The van der Waals surface area contributed by atoms with Gasteiger partial charge in [0.25, 0.3) is 0 Å². The molecule has 0 saturated heterocycles. The van der Waals surface area contributed by atoms with Gasteiger partial charge in [0.2, 0.25) is 0 Å². The molecule has 2 rings (SSSR count). The zero-order valence-corrected chi connectivity index (χ0v) is 6.25. The van der Waals surface area contributed by atoms with Crippen molar-refractivity contribution in [3.05, 3.63) is 18.0 Å². The molecule has 0 aliphatic carbocycles. The maximum absolute atomic E-state index is 4.21. The van der Waals surface area contributed by atoms with Crippen LogP contribution in [0.1, 0.15) is 31.4 Å². The molecular formula is C8H12N2. The number of hydrogen-bond acceptors (Lipinski definition) is 1. The van der Waals surface area contributed by atoms with Gasteiger partial charge < -0.3 is 0 Å². The first-order valence-corrected chi connectivity index (χ1v) is 3.93. The number of fused-ring (bicyclic) bond motifs is 1. The predicted octanol–water partition coefficient (Wildman–Crippen LogP) is 1.78. The fraction of sp³-hybridized carbons (Fsp3) is 0.625. The van der Waals surface area contributed by atoms with Crippen molar-refractivity contribution < 1.29 is 0 Å². The Morgan fingerprint density at radius 3 is 3.50 bits per heavy atom. The number of aryl methyl sites for hydroxylation is 1. The van der Waals surface area contributed by atoms with Crippen LogP contribution in [-0.4, -0.2) is 9.78 Å². The average Bonchev–Trinajstić information content (AvgIpc) is 2.44. The zero-order valence-electron chi connectivity index (χ0n) is 6.25. The zero-order chi connectivity index (χ0) is 6.97. The fourth-order valence-corrected chi connectivity index (χ4v) is 1.72. The number of hydrogen-bond donors (Lipinski definition) is 0. The lowest BCUT2D eigenvalue weighted by molar-refractivity contribution is 0.619. The SMILES string of the molecule is CCC1CCn2nccc21. The molecule has 2 heteroatoms. The van der Waals surface area contributed by atoms with Gasteiger partial charge >= 0.3 is 0 Å². The van der Waals surface area contributed by atoms with Gasteiger partial charge in [0.05, 0.1) is 0 Å². The van der Waals surface area contributed by atoms with Crippen molar-refractivity contribution in [1.29, 1.82) is 0 Å². The van der Waals surface area contributed by atoms with E-state index in [-0.39, 0.29) is 0 Å². The molecule has 0 fully saturated rings. The van der Waals surface area contributed by atoms with Crippen LogP contribution in [0.3, 0.4) is 0 Å². The van der Waals surface area contributed by atoms with Crippen molar-refractivity contribution in [2.45, 2.75) is 32.2 Å². The van der Waals surface area contributed by atoms with Crippen LogP contribution in [0.4, 0.5) is 0 Å². The van der Waals surface area contributed by atoms with Crippen LogP contribution in [0.25, 0.3) is 0 Å². The second-order valence-corrected chi connectivity index (χ2v) is 2.87. The van der Waals surface area contributed by atoms with Crippen molar-refractivity contribution in [2.24, 2.45) is 0 Å². The maximum atomic E-state index is 4.21. The Morgan fingerprint density at radius 1 is 1.80 bits per heavy atom. The summed E-state index contributed by atoms with van der Waals surface area (Å²) in [5, 5.41) is 4.21. The summed E-state index contributed by atoms with van der Waals surface area (Å²) in [5.74, 6) is 0.780. The highest BCUT2D eigenvalue weighted by atomic mass is 15.3. The van der Waals surface area contributed by atoms with Crippen LogP contribution in [0.5, 0.6) is 0 Å². The first kappa shape index (κ1) is 5.96. The second kappa shape index (κ2) is 2.11. The Balaban J connectivity index is 2.34. The molecule has 2 heterocycles. The van der Waals surface area contributed by atoms with Crippen LogP contribution in [0.2, 0.25) is 0 Å². The van der Waals surface area contributed by atoms with Gasteiger partial charge in [-0.25, -0.2) is 0 Å². The number of aromatic nitrogens is 2. The van der Waals surface area contributed by atoms with Gasteiger partial charge in [0, 0.05) is 24.4 Å². The minimum absolute atomic E-state index is 0.780. The Hall–Kier alpha value is -0.790. The number of rotatable bonds is 1. The third-order valence-corrected chi connectivity index (χ3v) is 2.35. The molecule has 0 bridgehead atoms. The van der Waals surface area contributed by atoms with Gasteiger partial charge in [-0.1, -0.05) is 6.92 Å². The molecule has 54 valence electrons. The van der Waals surface area contributed by atoms with Crippen molar-refractivity contribution in [2.75, 3.05) is 0 Å². The molecule has 0 spiro atoms. The van der Waals surface area contributed by atoms with Gasteiger partial charge in [0.1, 0.15) is 0 Å². The molecular weight excluding hydrogens is 124 g/mol. The van der Waals surface area contributed by atoms with Crippen LogP contribution in [-0.2, 0) is 6.54 Å². The van der Waals surface area contributed by atoms with E-state index < -0.39 is 0 Å². The Morgan fingerprint density at radius 2 is 2.70 bits per heavy atom. The van der Waals surface area contributed by atoms with Crippen LogP contribution in [0.15, 0.2) is 12.3 Å². The second-order valence-electron chi connectivity index (χ2n) is 2.87. The summed E-state index contributed by atoms with van der Waals surface area (Å²) < 4.78 is 2.12. The summed E-state index contributed by atoms with van der Waals surface area (Å²) in [6, 6.07) is 2.14. The van der Waals surface area contributed by atoms with Crippen LogP contribution < -0.4 is 0 Å². The quantitative estimate of drug-likeness (QED) is 0.575. The number of nitrogens with zero attached hydrogens (tertiary/aromatic N) is 2. The molecule has 1 aromatic rings. The monoisotopic (exact) mass is 136 g/mol. The van der Waals surface area contributed by atoms with Crippen LogP contribution in [0, 0.1) is 0 Å². The van der Waals surface area contributed by atoms with E-state index in [9.17, 15) is 0 Å². The Bertz CT molecular complexity index is 227. The van der Waals surface area contributed by atoms with E-state index in [2.05, 4.69) is 22.8 Å². The fourth-order valence-electron chi connectivity index (χ4n) is 1.72. The molecule has 1 atom stereocenters. The first-order valence-electron chi connectivity index (χ1n) is 3.93. The van der Waals surface area contributed by atoms with E-state index in [4.69, 9.17) is 0 Å². The summed E-state index contributed by atoms with van der Waals surface area (Å²) in [6.07, 6.45) is 4.45. The van der Waals surface area contributed by atoms with Crippen molar-refractivity contribution in [1.82, 2.24) is 9.78 Å². The lowest BCUT2D eigenvalue weighted by Gasteiger charge is -2.01. The minimum atomic E-state index is 0.780. The third kappa shape index (κ3) is 0.681. The summed E-state index contributed by atoms with van der Waals surface area (Å²) >= 11 is 0. The molecule has 0 aromatic carbocycles. The normalized spacial score (nSPS) is 23.1. The lowest BCUT2D eigenvalue weighted by Crippen LogP contribution is -1.93. The topological polar surface area (TPSA) is 17.8 Å². The molecule has 0 N–H and O–H groups in total. The van der Waals surface area contributed by atoms with Gasteiger partial charge in [-0.05, 0) is 18.9 Å². The van der Waals surface area contributed by atoms with Gasteiger partial charge in [-0.3, -0.25) is 4.68 Å². The highest BCUT2D eigenvalue weighted by molar-refractivity contribution is 5.11. The molecule has 0 amide bonds. The molecule has 0 saturated carbocycles. The van der Waals surface area contributed by atoms with Crippen molar-refractivity contribution >= 4 is 0 Å². The van der Waals surface area contributed by atoms with E-state index in [0.717, 1.165) is 12.5 Å². The highest BCUT2D eigenvalue weighted by Crippen LogP contribution is 2.29. The van der Waals surface area contributed by atoms with E-state index in [1.54, 1.807) is 0 Å². The Labute approximate surface area is 60.9 Å². The molecule has 1 unspecified atom stereocenters. The molecule has 2 nitrogen and oxygen atoms in total. The van der Waals surface area contributed by atoms with E-state index in [1.807, 2.05) is 6.20 Å². The van der Waals surface area contributed by atoms with E-state index in [0.29, 0.717) is 0 Å². The van der Waals surface area contributed by atoms with Gasteiger partial charge in [0.15, 0.2) is 0 Å². The predicted molar refractivity (Wildman–Crippen MR) is 39.9 cm³/mol. The van der Waals surface area contributed by atoms with Gasteiger partial charge in [-0.15, -0.1) is 0 Å². The van der Waals surface area contributed by atoms with E-state index >= 15 is 0 Å². The molecule has 0 radical (unpaired) electrons. The summed E-state index contributed by atoms with van der Waals surface area (Å²) in [4.78, 5) is 0. The standard InChI is InChI=1S/C8H12N2/c1-2-7-4-6-10-8(7)3-5-9-10/h3,5,7H,2,4,6H2,1H3. The molecule has 1 aliphatic heterocycles. The smallest absolute Gasteiger partial charge is 0.0492 e. The van der Waals surface area contributed by atoms with Gasteiger partial charge in [-0.2, -0.15) is 5.10 Å². The largest absolute Gasteiger partial charge is 0.269 e. The summed E-state index contributed by atoms with van der Waals surface area (Å²) in [7, 11) is 0. The van der Waals surface area contributed by atoms with Crippen molar-refractivity contribution in [3.8, 4) is 0 Å². The summed E-state index contributed by atoms with van der Waals surface area (Å²) in [5.41, 5.74) is 1.43. The Kier molecular flexibility index (Phi) is 1.26. The van der Waals surface area contributed by atoms with Crippen LogP contribution >= 0.6 is 0 Å². The molecule has 1 aromatic heterocycles. The maximum Gasteiger partial charge on any atom is 0.0492 e. The molecule has 10 heavy (non-hydrogen) atoms. The highest BCUT2D eigenvalue weighted by Gasteiger charge is 2.20. The third-order valence-electron chi connectivity index (χ3n) is 2.35. The average molecular weight is 136 g/mol. The minimum Gasteiger partial charge on any atom is -0.269 e. The van der Waals surface area contributed by atoms with Crippen molar-refractivity contribution in [3.63, 3.8) is 0 Å². The molecule has 1 aliphatic rings. The lowest BCUT2D eigenvalue weighted by atomic mass is 10.0. The van der Waals surface area contributed by atoms with E-state index in [1.165, 1.54) is 18.5 Å². The first-order chi connectivity index (χ1) is 4.92. The summed E-state index contributed by atoms with van der Waals surface area (Å²) in [6.45, 7) is 3.37.